The Bertz CT molecular complexity index is 1760. The second-order valence-electron chi connectivity index (χ2n) is 11.5. The molecule has 49 heavy (non-hydrogen) atoms. The van der Waals surface area contributed by atoms with E-state index in [1.165, 1.54) is 35.9 Å². The van der Waals surface area contributed by atoms with Crippen molar-refractivity contribution in [3.63, 3.8) is 0 Å². The predicted octanol–water partition coefficient (Wildman–Crippen LogP) is 8.74. The van der Waals surface area contributed by atoms with Gasteiger partial charge in [0.15, 0.2) is 15.8 Å². The number of thioether (sulfide) groups is 1. The molecule has 4 aromatic rings. The summed E-state index contributed by atoms with van der Waals surface area (Å²) in [6, 6.07) is 17.1. The number of aliphatic hydroxyl groups excluding tert-OH is 1. The summed E-state index contributed by atoms with van der Waals surface area (Å²) in [5.41, 5.74) is 1.68. The Balaban J connectivity index is 1.49. The lowest BCUT2D eigenvalue weighted by Gasteiger charge is -2.23. The van der Waals surface area contributed by atoms with Crippen molar-refractivity contribution in [3.05, 3.63) is 94.8 Å². The van der Waals surface area contributed by atoms with Crippen LogP contribution in [0, 0.1) is 5.82 Å². The van der Waals surface area contributed by atoms with Crippen LogP contribution in [0.1, 0.15) is 75.1 Å². The fraction of sp³-hybridized carbons (Fsp3) is 0.351. The number of Topliss-reactive ketones (excluding diaryl/α,β-unsaturated/α-hetero) is 1. The third-order valence-corrected chi connectivity index (χ3v) is 10.1. The highest BCUT2D eigenvalue weighted by atomic mass is 32.2. The zero-order chi connectivity index (χ0) is 34.8. The number of nitrogens with zero attached hydrogens (tertiary/aromatic N) is 3. The number of anilines is 1. The molecule has 5 rings (SSSR count). The van der Waals surface area contributed by atoms with Gasteiger partial charge in [0.05, 0.1) is 31.9 Å². The van der Waals surface area contributed by atoms with E-state index in [0.717, 1.165) is 55.4 Å². The summed E-state index contributed by atoms with van der Waals surface area (Å²) in [6.45, 7) is 5.32. The van der Waals surface area contributed by atoms with Crippen molar-refractivity contribution in [1.29, 1.82) is 0 Å². The van der Waals surface area contributed by atoms with E-state index in [2.05, 4.69) is 24.0 Å². The van der Waals surface area contributed by atoms with Gasteiger partial charge in [0.1, 0.15) is 17.3 Å². The second-order valence-corrected chi connectivity index (χ2v) is 13.7. The molecule has 9 nitrogen and oxygen atoms in total. The number of carbonyl (C=O) groups is 2. The van der Waals surface area contributed by atoms with E-state index >= 15 is 0 Å². The van der Waals surface area contributed by atoms with E-state index in [-0.39, 0.29) is 22.3 Å². The maximum Gasteiger partial charge on any atom is 0.301 e. The van der Waals surface area contributed by atoms with Gasteiger partial charge in [-0.25, -0.2) is 4.39 Å². The first-order valence-corrected chi connectivity index (χ1v) is 18.2. The number of hydrogen-bond acceptors (Lipinski definition) is 10. The monoisotopic (exact) mass is 705 g/mol. The normalized spacial score (nSPS) is 15.5. The van der Waals surface area contributed by atoms with Crippen molar-refractivity contribution >= 4 is 45.7 Å². The van der Waals surface area contributed by atoms with Crippen molar-refractivity contribution < 1.29 is 33.3 Å². The first-order chi connectivity index (χ1) is 23.8. The molecule has 0 bridgehead atoms. The Hall–Kier alpha value is -4.42. The zero-order valence-electron chi connectivity index (χ0n) is 27.8. The summed E-state index contributed by atoms with van der Waals surface area (Å²) in [4.78, 5) is 28.8. The molecule has 3 aromatic carbocycles. The molecule has 12 heteroatoms. The highest BCUT2D eigenvalue weighted by Gasteiger charge is 2.48. The highest BCUT2D eigenvalue weighted by Crippen LogP contribution is 2.45. The van der Waals surface area contributed by atoms with Gasteiger partial charge in [0.2, 0.25) is 5.13 Å². The van der Waals surface area contributed by atoms with Crippen LogP contribution in [-0.2, 0) is 15.3 Å². The van der Waals surface area contributed by atoms with Crippen LogP contribution >= 0.6 is 23.1 Å². The standard InChI is InChI=1S/C37H40FN3O6S2/c1-4-6-8-9-21-47-29-19-14-26(22-30(29)45-3)32-31(33(42)25-12-17-28(18-13-25)46-20-7-5-2)34(43)35(44)41(32)36-39-40-37(49-36)48-23-24-10-15-27(38)16-11-24/h10-19,22,32,42H,4-9,20-21,23H2,1-3H3. The molecular weight excluding hydrogens is 666 g/mol. The van der Waals surface area contributed by atoms with Crippen LogP contribution in [0.5, 0.6) is 17.2 Å². The molecule has 1 fully saturated rings. The van der Waals surface area contributed by atoms with E-state index in [9.17, 15) is 19.1 Å². The molecule has 1 unspecified atom stereocenters. The first-order valence-electron chi connectivity index (χ1n) is 16.4. The molecule has 1 atom stereocenters. The third-order valence-electron chi connectivity index (χ3n) is 7.98. The van der Waals surface area contributed by atoms with Gasteiger partial charge in [-0.05, 0) is 72.5 Å². The topological polar surface area (TPSA) is 111 Å². The summed E-state index contributed by atoms with van der Waals surface area (Å²) < 4.78 is 31.4. The number of ketones is 1. The molecule has 1 aliphatic rings. The molecule has 1 saturated heterocycles. The number of carbonyl (C=O) groups excluding carboxylic acids is 2. The zero-order valence-corrected chi connectivity index (χ0v) is 29.4. The summed E-state index contributed by atoms with van der Waals surface area (Å²) in [6.07, 6.45) is 6.12. The van der Waals surface area contributed by atoms with E-state index in [4.69, 9.17) is 14.2 Å². The maximum absolute atomic E-state index is 13.8. The molecule has 1 N–H and O–H groups in total. The highest BCUT2D eigenvalue weighted by molar-refractivity contribution is 8.00. The van der Waals surface area contributed by atoms with Crippen LogP contribution < -0.4 is 19.1 Å². The Labute approximate surface area is 294 Å². The summed E-state index contributed by atoms with van der Waals surface area (Å²) in [5, 5.41) is 20.4. The number of halogens is 1. The van der Waals surface area contributed by atoms with Gasteiger partial charge in [-0.2, -0.15) is 0 Å². The van der Waals surface area contributed by atoms with Gasteiger partial charge in [-0.1, -0.05) is 80.8 Å². The van der Waals surface area contributed by atoms with Crippen LogP contribution in [0.25, 0.3) is 5.76 Å². The van der Waals surface area contributed by atoms with E-state index in [0.29, 0.717) is 51.7 Å². The molecular formula is C37H40FN3O6S2. The number of aliphatic hydroxyl groups is 1. The number of rotatable bonds is 17. The Kier molecular flexibility index (Phi) is 12.7. The quantitative estimate of drug-likeness (QED) is 0.0288. The third kappa shape index (κ3) is 8.79. The van der Waals surface area contributed by atoms with Crippen LogP contribution in [-0.4, -0.2) is 47.3 Å². The number of hydrogen-bond donors (Lipinski definition) is 1. The van der Waals surface area contributed by atoms with Crippen molar-refractivity contribution in [3.8, 4) is 17.2 Å². The van der Waals surface area contributed by atoms with Crippen molar-refractivity contribution in [2.75, 3.05) is 25.2 Å². The van der Waals surface area contributed by atoms with Crippen molar-refractivity contribution in [2.24, 2.45) is 0 Å². The predicted molar refractivity (Wildman–Crippen MR) is 190 cm³/mol. The number of aromatic nitrogens is 2. The minimum absolute atomic E-state index is 0.0874. The van der Waals surface area contributed by atoms with E-state index in [1.54, 1.807) is 54.6 Å². The summed E-state index contributed by atoms with van der Waals surface area (Å²) in [5.74, 6) is -0.222. The average molecular weight is 706 g/mol. The SMILES string of the molecule is CCCCCCOc1ccc(C2C(=C(O)c3ccc(OCCCC)cc3)C(=O)C(=O)N2c2nnc(SCc3ccc(F)cc3)s2)cc1OC. The van der Waals surface area contributed by atoms with Gasteiger partial charge in [0.25, 0.3) is 5.78 Å². The Morgan fingerprint density at radius 3 is 2.35 bits per heavy atom. The van der Waals surface area contributed by atoms with Crippen molar-refractivity contribution in [1.82, 2.24) is 10.2 Å². The molecule has 1 aliphatic heterocycles. The van der Waals surface area contributed by atoms with Gasteiger partial charge in [0, 0.05) is 11.3 Å². The lowest BCUT2D eigenvalue weighted by atomic mass is 9.95. The number of amides is 1. The average Bonchev–Trinajstić information content (AvgIpc) is 3.69. The van der Waals surface area contributed by atoms with E-state index in [1.807, 2.05) is 0 Å². The number of unbranched alkanes of at least 4 members (excludes halogenated alkanes) is 4. The lowest BCUT2D eigenvalue weighted by Crippen LogP contribution is -2.29. The minimum Gasteiger partial charge on any atom is -0.507 e. The van der Waals surface area contributed by atoms with E-state index < -0.39 is 17.7 Å². The molecule has 258 valence electrons. The molecule has 0 radical (unpaired) electrons. The lowest BCUT2D eigenvalue weighted by molar-refractivity contribution is -0.132. The molecule has 2 heterocycles. The molecule has 0 saturated carbocycles. The Morgan fingerprint density at radius 1 is 0.898 bits per heavy atom. The van der Waals surface area contributed by atoms with Crippen LogP contribution in [0.3, 0.4) is 0 Å². The van der Waals surface area contributed by atoms with Crippen LogP contribution in [0.15, 0.2) is 76.6 Å². The largest absolute Gasteiger partial charge is 0.507 e. The minimum atomic E-state index is -1.03. The summed E-state index contributed by atoms with van der Waals surface area (Å²) in [7, 11) is 1.53. The van der Waals surface area contributed by atoms with Gasteiger partial charge < -0.3 is 19.3 Å². The van der Waals surface area contributed by atoms with Gasteiger partial charge in [-0.3, -0.25) is 14.5 Å². The number of benzene rings is 3. The molecule has 0 aliphatic carbocycles. The maximum atomic E-state index is 13.8. The Morgan fingerprint density at radius 2 is 1.63 bits per heavy atom. The van der Waals surface area contributed by atoms with Gasteiger partial charge in [-0.15, -0.1) is 10.2 Å². The van der Waals surface area contributed by atoms with Crippen LogP contribution in [0.2, 0.25) is 0 Å². The smallest absolute Gasteiger partial charge is 0.301 e. The van der Waals surface area contributed by atoms with Crippen LogP contribution in [0.4, 0.5) is 9.52 Å². The molecule has 0 spiro atoms. The van der Waals surface area contributed by atoms with Crippen molar-refractivity contribution in [2.45, 2.75) is 68.5 Å². The summed E-state index contributed by atoms with van der Waals surface area (Å²) >= 11 is 2.53. The first kappa shape index (κ1) is 35.9. The number of methoxy groups -OCH3 is 1. The fourth-order valence-electron chi connectivity index (χ4n) is 5.31. The number of ether oxygens (including phenoxy) is 3. The fourth-order valence-corrected chi connectivity index (χ4v) is 7.14. The molecule has 1 amide bonds. The van der Waals surface area contributed by atoms with Gasteiger partial charge >= 0.3 is 5.91 Å². The second kappa shape index (κ2) is 17.3. The molecule has 1 aromatic heterocycles.